The standard InChI is InChI=1S/C20H21N3O3/c1-15(26-18-9-7-17(25-2)8-10-18)20(24)22-13-16-5-3-4-6-19(16)23-12-11-21-14-23/h3-12,14-15H,13H2,1-2H3,(H,22,24). The molecule has 1 N–H and O–H groups in total. The van der Waals surface area contributed by atoms with Crippen molar-refractivity contribution >= 4 is 5.91 Å². The molecule has 0 bridgehead atoms. The molecule has 6 heteroatoms. The predicted octanol–water partition coefficient (Wildman–Crippen LogP) is 2.96. The van der Waals surface area contributed by atoms with Gasteiger partial charge in [0.1, 0.15) is 11.5 Å². The maximum atomic E-state index is 12.4. The number of imidazole rings is 1. The van der Waals surface area contributed by atoms with Crippen LogP contribution in [0, 0.1) is 0 Å². The van der Waals surface area contributed by atoms with Crippen LogP contribution < -0.4 is 14.8 Å². The topological polar surface area (TPSA) is 65.4 Å². The van der Waals surface area contributed by atoms with E-state index in [1.54, 1.807) is 50.8 Å². The Morgan fingerprint density at radius 1 is 1.15 bits per heavy atom. The van der Waals surface area contributed by atoms with Crippen LogP contribution in [-0.4, -0.2) is 28.7 Å². The quantitative estimate of drug-likeness (QED) is 0.711. The summed E-state index contributed by atoms with van der Waals surface area (Å²) >= 11 is 0. The summed E-state index contributed by atoms with van der Waals surface area (Å²) in [5, 5.41) is 2.92. The third kappa shape index (κ3) is 4.22. The zero-order valence-corrected chi connectivity index (χ0v) is 14.8. The maximum Gasteiger partial charge on any atom is 0.261 e. The molecule has 0 fully saturated rings. The van der Waals surface area contributed by atoms with E-state index in [2.05, 4.69) is 10.3 Å². The van der Waals surface area contributed by atoms with Crippen LogP contribution in [-0.2, 0) is 11.3 Å². The number of rotatable bonds is 7. The number of benzene rings is 2. The van der Waals surface area contributed by atoms with E-state index in [1.807, 2.05) is 35.0 Å². The van der Waals surface area contributed by atoms with Crippen molar-refractivity contribution in [3.63, 3.8) is 0 Å². The molecule has 0 aliphatic heterocycles. The van der Waals surface area contributed by atoms with Crippen molar-refractivity contribution in [2.45, 2.75) is 19.6 Å². The van der Waals surface area contributed by atoms with E-state index in [0.29, 0.717) is 12.3 Å². The molecule has 0 radical (unpaired) electrons. The molecule has 6 nitrogen and oxygen atoms in total. The van der Waals surface area contributed by atoms with Gasteiger partial charge in [0.05, 0.1) is 19.1 Å². The highest BCUT2D eigenvalue weighted by atomic mass is 16.5. The smallest absolute Gasteiger partial charge is 0.261 e. The molecule has 0 aliphatic carbocycles. The van der Waals surface area contributed by atoms with E-state index in [4.69, 9.17) is 9.47 Å². The molecule has 3 aromatic rings. The van der Waals surface area contributed by atoms with Gasteiger partial charge in [0, 0.05) is 18.9 Å². The van der Waals surface area contributed by atoms with Crippen molar-refractivity contribution < 1.29 is 14.3 Å². The molecule has 2 aromatic carbocycles. The van der Waals surface area contributed by atoms with Gasteiger partial charge in [-0.3, -0.25) is 4.79 Å². The molecular formula is C20H21N3O3. The molecule has 1 aromatic heterocycles. The lowest BCUT2D eigenvalue weighted by atomic mass is 10.1. The largest absolute Gasteiger partial charge is 0.497 e. The SMILES string of the molecule is COc1ccc(OC(C)C(=O)NCc2ccccc2-n2ccnc2)cc1. The molecule has 1 amide bonds. The van der Waals surface area contributed by atoms with E-state index in [-0.39, 0.29) is 5.91 Å². The number of carbonyl (C=O) groups is 1. The lowest BCUT2D eigenvalue weighted by molar-refractivity contribution is -0.127. The summed E-state index contributed by atoms with van der Waals surface area (Å²) in [5.41, 5.74) is 1.98. The first-order valence-corrected chi connectivity index (χ1v) is 8.32. The lowest BCUT2D eigenvalue weighted by Crippen LogP contribution is -2.36. The average molecular weight is 351 g/mol. The first kappa shape index (κ1) is 17.5. The molecule has 3 rings (SSSR count). The Balaban J connectivity index is 1.60. The van der Waals surface area contributed by atoms with Gasteiger partial charge in [-0.15, -0.1) is 0 Å². The van der Waals surface area contributed by atoms with E-state index in [1.165, 1.54) is 0 Å². The van der Waals surface area contributed by atoms with Gasteiger partial charge < -0.3 is 19.4 Å². The summed E-state index contributed by atoms with van der Waals surface area (Å²) in [4.78, 5) is 16.4. The summed E-state index contributed by atoms with van der Waals surface area (Å²) in [6.07, 6.45) is 4.72. The van der Waals surface area contributed by atoms with Gasteiger partial charge in [-0.05, 0) is 42.8 Å². The van der Waals surface area contributed by atoms with E-state index < -0.39 is 6.10 Å². The number of methoxy groups -OCH3 is 1. The number of aromatic nitrogens is 2. The highest BCUT2D eigenvalue weighted by Crippen LogP contribution is 2.18. The molecular weight excluding hydrogens is 330 g/mol. The molecule has 1 atom stereocenters. The van der Waals surface area contributed by atoms with Crippen LogP contribution in [0.2, 0.25) is 0 Å². The van der Waals surface area contributed by atoms with E-state index in [9.17, 15) is 4.79 Å². The highest BCUT2D eigenvalue weighted by Gasteiger charge is 2.15. The molecule has 0 aliphatic rings. The lowest BCUT2D eigenvalue weighted by Gasteiger charge is -2.16. The summed E-state index contributed by atoms with van der Waals surface area (Å²) in [6, 6.07) is 15.0. The second-order valence-corrected chi connectivity index (χ2v) is 5.75. The second-order valence-electron chi connectivity index (χ2n) is 5.75. The number of hydrogen-bond donors (Lipinski definition) is 1. The Hall–Kier alpha value is -3.28. The van der Waals surface area contributed by atoms with Crippen LogP contribution in [0.15, 0.2) is 67.3 Å². The number of ether oxygens (including phenoxy) is 2. The van der Waals surface area contributed by atoms with Crippen molar-refractivity contribution in [1.82, 2.24) is 14.9 Å². The van der Waals surface area contributed by atoms with Gasteiger partial charge in [0.25, 0.3) is 5.91 Å². The van der Waals surface area contributed by atoms with Gasteiger partial charge in [-0.25, -0.2) is 4.98 Å². The monoisotopic (exact) mass is 351 g/mol. The van der Waals surface area contributed by atoms with E-state index >= 15 is 0 Å². The predicted molar refractivity (Wildman–Crippen MR) is 98.5 cm³/mol. The van der Waals surface area contributed by atoms with Crippen LogP contribution in [0.3, 0.4) is 0 Å². The molecule has 0 saturated heterocycles. The summed E-state index contributed by atoms with van der Waals surface area (Å²) in [7, 11) is 1.60. The fraction of sp³-hybridized carbons (Fsp3) is 0.200. The minimum Gasteiger partial charge on any atom is -0.497 e. The molecule has 134 valence electrons. The zero-order valence-electron chi connectivity index (χ0n) is 14.8. The Labute approximate surface area is 152 Å². The van der Waals surface area contributed by atoms with Crippen LogP contribution in [0.25, 0.3) is 5.69 Å². The first-order valence-electron chi connectivity index (χ1n) is 8.32. The van der Waals surface area contributed by atoms with Gasteiger partial charge in [0.15, 0.2) is 6.10 Å². The molecule has 1 heterocycles. The Morgan fingerprint density at radius 2 is 1.88 bits per heavy atom. The van der Waals surface area contributed by atoms with Crippen molar-refractivity contribution in [3.8, 4) is 17.2 Å². The number of hydrogen-bond acceptors (Lipinski definition) is 4. The number of nitrogens with zero attached hydrogens (tertiary/aromatic N) is 2. The second kappa shape index (κ2) is 8.20. The number of nitrogens with one attached hydrogen (secondary N) is 1. The Bertz CT molecular complexity index is 845. The maximum absolute atomic E-state index is 12.4. The third-order valence-corrected chi connectivity index (χ3v) is 3.97. The Morgan fingerprint density at radius 3 is 2.58 bits per heavy atom. The van der Waals surface area contributed by atoms with Crippen LogP contribution in [0.4, 0.5) is 0 Å². The summed E-state index contributed by atoms with van der Waals surface area (Å²) < 4.78 is 12.7. The fourth-order valence-electron chi connectivity index (χ4n) is 2.55. The van der Waals surface area contributed by atoms with Crippen LogP contribution in [0.5, 0.6) is 11.5 Å². The van der Waals surface area contributed by atoms with Crippen LogP contribution >= 0.6 is 0 Å². The van der Waals surface area contributed by atoms with Crippen molar-refractivity contribution in [1.29, 1.82) is 0 Å². The molecule has 1 unspecified atom stereocenters. The van der Waals surface area contributed by atoms with Gasteiger partial charge in [-0.1, -0.05) is 18.2 Å². The number of para-hydroxylation sites is 1. The fourth-order valence-corrected chi connectivity index (χ4v) is 2.55. The van der Waals surface area contributed by atoms with Crippen molar-refractivity contribution in [2.75, 3.05) is 7.11 Å². The third-order valence-electron chi connectivity index (χ3n) is 3.97. The number of amides is 1. The molecule has 0 spiro atoms. The minimum atomic E-state index is -0.608. The minimum absolute atomic E-state index is 0.179. The summed E-state index contributed by atoms with van der Waals surface area (Å²) in [5.74, 6) is 1.18. The van der Waals surface area contributed by atoms with Crippen molar-refractivity contribution in [2.24, 2.45) is 0 Å². The first-order chi connectivity index (χ1) is 12.7. The van der Waals surface area contributed by atoms with Crippen LogP contribution in [0.1, 0.15) is 12.5 Å². The molecule has 26 heavy (non-hydrogen) atoms. The summed E-state index contributed by atoms with van der Waals surface area (Å²) in [6.45, 7) is 2.13. The molecule has 0 saturated carbocycles. The van der Waals surface area contributed by atoms with Gasteiger partial charge >= 0.3 is 0 Å². The number of carbonyl (C=O) groups excluding carboxylic acids is 1. The zero-order chi connectivity index (χ0) is 18.4. The normalized spacial score (nSPS) is 11.6. The van der Waals surface area contributed by atoms with Crippen molar-refractivity contribution in [3.05, 3.63) is 72.8 Å². The van der Waals surface area contributed by atoms with E-state index in [0.717, 1.165) is 17.0 Å². The Kier molecular flexibility index (Phi) is 5.53. The van der Waals surface area contributed by atoms with Gasteiger partial charge in [0.2, 0.25) is 0 Å². The van der Waals surface area contributed by atoms with Gasteiger partial charge in [-0.2, -0.15) is 0 Å². The average Bonchev–Trinajstić information content (AvgIpc) is 3.21. The highest BCUT2D eigenvalue weighted by molar-refractivity contribution is 5.80.